The smallest absolute Gasteiger partial charge is 0.399 e. The Balaban J connectivity index is 1.86. The molecule has 3 rings (SSSR count). The van der Waals surface area contributed by atoms with Crippen LogP contribution < -0.4 is 10.9 Å². The van der Waals surface area contributed by atoms with Gasteiger partial charge in [-0.2, -0.15) is 5.10 Å². The summed E-state index contributed by atoms with van der Waals surface area (Å²) in [5, 5.41) is 4.15. The van der Waals surface area contributed by atoms with Crippen molar-refractivity contribution in [2.75, 3.05) is 5.43 Å². The van der Waals surface area contributed by atoms with Gasteiger partial charge < -0.3 is 9.31 Å². The highest BCUT2D eigenvalue weighted by molar-refractivity contribution is 6.63. The van der Waals surface area contributed by atoms with Crippen LogP contribution in [0.1, 0.15) is 33.3 Å². The first-order valence-electron chi connectivity index (χ1n) is 8.28. The van der Waals surface area contributed by atoms with Crippen molar-refractivity contribution >= 4 is 24.5 Å². The Labute approximate surface area is 148 Å². The Morgan fingerprint density at radius 1 is 0.960 bits per heavy atom. The first kappa shape index (κ1) is 17.6. The second-order valence-corrected chi connectivity index (χ2v) is 7.07. The zero-order chi connectivity index (χ0) is 18.1. The molecular formula is C19H22BFN2O2. The zero-order valence-corrected chi connectivity index (χ0v) is 14.9. The maximum Gasteiger partial charge on any atom is 0.495 e. The van der Waals surface area contributed by atoms with E-state index < -0.39 is 18.3 Å². The molecule has 1 N–H and O–H groups in total. The Bertz CT molecular complexity index is 762. The molecule has 25 heavy (non-hydrogen) atoms. The van der Waals surface area contributed by atoms with E-state index in [1.807, 2.05) is 58.0 Å². The number of hydrazone groups is 1. The van der Waals surface area contributed by atoms with Crippen molar-refractivity contribution in [2.24, 2.45) is 5.10 Å². The highest BCUT2D eigenvalue weighted by Crippen LogP contribution is 2.36. The quantitative estimate of drug-likeness (QED) is 0.526. The van der Waals surface area contributed by atoms with E-state index in [1.165, 1.54) is 12.3 Å². The molecular weight excluding hydrogens is 318 g/mol. The molecule has 0 unspecified atom stereocenters. The van der Waals surface area contributed by atoms with Crippen LogP contribution in [-0.4, -0.2) is 24.5 Å². The highest BCUT2D eigenvalue weighted by atomic mass is 19.1. The minimum absolute atomic E-state index is 0.351. The van der Waals surface area contributed by atoms with Gasteiger partial charge in [0, 0.05) is 5.56 Å². The third-order valence-electron chi connectivity index (χ3n) is 4.75. The summed E-state index contributed by atoms with van der Waals surface area (Å²) in [4.78, 5) is 0. The molecule has 6 heteroatoms. The maximum atomic E-state index is 14.4. The summed E-state index contributed by atoms with van der Waals surface area (Å²) in [5.41, 5.74) is 3.72. The lowest BCUT2D eigenvalue weighted by molar-refractivity contribution is 0.00578. The highest BCUT2D eigenvalue weighted by Gasteiger charge is 2.52. The fraction of sp³-hybridized carbons (Fsp3) is 0.316. The second-order valence-electron chi connectivity index (χ2n) is 7.07. The lowest BCUT2D eigenvalue weighted by Gasteiger charge is -2.32. The van der Waals surface area contributed by atoms with E-state index in [1.54, 1.807) is 12.1 Å². The predicted octanol–water partition coefficient (Wildman–Crippen LogP) is 3.57. The van der Waals surface area contributed by atoms with E-state index in [9.17, 15) is 4.39 Å². The number of benzene rings is 2. The monoisotopic (exact) mass is 340 g/mol. The summed E-state index contributed by atoms with van der Waals surface area (Å²) in [6.07, 6.45) is 1.46. The number of nitrogens with zero attached hydrogens (tertiary/aromatic N) is 1. The van der Waals surface area contributed by atoms with Gasteiger partial charge in [-0.15, -0.1) is 0 Å². The van der Waals surface area contributed by atoms with Crippen molar-refractivity contribution in [1.82, 2.24) is 0 Å². The van der Waals surface area contributed by atoms with E-state index in [4.69, 9.17) is 9.31 Å². The first-order chi connectivity index (χ1) is 11.8. The van der Waals surface area contributed by atoms with Crippen molar-refractivity contribution in [2.45, 2.75) is 38.9 Å². The number of rotatable bonds is 4. The van der Waals surface area contributed by atoms with Gasteiger partial charge >= 0.3 is 7.12 Å². The normalized spacial score (nSPS) is 18.7. The molecule has 0 atom stereocenters. The largest absolute Gasteiger partial charge is 0.495 e. The van der Waals surface area contributed by atoms with E-state index in [0.29, 0.717) is 11.0 Å². The van der Waals surface area contributed by atoms with Crippen molar-refractivity contribution in [3.63, 3.8) is 0 Å². The van der Waals surface area contributed by atoms with Gasteiger partial charge in [-0.25, -0.2) is 4.39 Å². The molecule has 4 nitrogen and oxygen atoms in total. The molecule has 1 aliphatic heterocycles. The van der Waals surface area contributed by atoms with Crippen LogP contribution in [0, 0.1) is 5.82 Å². The molecule has 0 aliphatic carbocycles. The molecule has 2 aromatic carbocycles. The van der Waals surface area contributed by atoms with Gasteiger partial charge in [-0.1, -0.05) is 30.3 Å². The summed E-state index contributed by atoms with van der Waals surface area (Å²) in [6.45, 7) is 7.88. The summed E-state index contributed by atoms with van der Waals surface area (Å²) in [7, 11) is -0.640. The van der Waals surface area contributed by atoms with Crippen molar-refractivity contribution in [1.29, 1.82) is 0 Å². The number of anilines is 1. The lowest BCUT2D eigenvalue weighted by atomic mass is 9.76. The Hall–Kier alpha value is -2.18. The van der Waals surface area contributed by atoms with Crippen molar-refractivity contribution < 1.29 is 13.7 Å². The van der Waals surface area contributed by atoms with Gasteiger partial charge in [-0.3, -0.25) is 5.43 Å². The molecule has 1 saturated heterocycles. The molecule has 130 valence electrons. The number of halogens is 1. The van der Waals surface area contributed by atoms with Gasteiger partial charge in [0.2, 0.25) is 0 Å². The van der Waals surface area contributed by atoms with E-state index in [2.05, 4.69) is 10.5 Å². The fourth-order valence-electron chi connectivity index (χ4n) is 2.55. The minimum atomic E-state index is -0.640. The topological polar surface area (TPSA) is 42.8 Å². The van der Waals surface area contributed by atoms with Gasteiger partial charge in [0.05, 0.1) is 23.1 Å². The Kier molecular flexibility index (Phi) is 4.67. The SMILES string of the molecule is CC1(C)OB(c2cccc(F)c2C=NNc2ccccc2)OC1(C)C. The third-order valence-corrected chi connectivity index (χ3v) is 4.75. The molecule has 0 bridgehead atoms. The number of para-hydroxylation sites is 1. The summed E-state index contributed by atoms with van der Waals surface area (Å²) < 4.78 is 26.5. The molecule has 0 amide bonds. The summed E-state index contributed by atoms with van der Waals surface area (Å²) in [5.74, 6) is -0.370. The number of hydrogen-bond donors (Lipinski definition) is 1. The molecule has 0 spiro atoms. The van der Waals surface area contributed by atoms with Gasteiger partial charge in [0.1, 0.15) is 5.82 Å². The number of hydrogen-bond acceptors (Lipinski definition) is 4. The maximum absolute atomic E-state index is 14.4. The van der Waals surface area contributed by atoms with Crippen LogP contribution in [0.2, 0.25) is 0 Å². The minimum Gasteiger partial charge on any atom is -0.399 e. The molecule has 1 fully saturated rings. The molecule has 0 radical (unpaired) electrons. The van der Waals surface area contributed by atoms with Crippen LogP contribution in [0.15, 0.2) is 53.6 Å². The summed E-state index contributed by atoms with van der Waals surface area (Å²) >= 11 is 0. The standard InChI is InChI=1S/C19H22BFN2O2/c1-18(2)19(3,4)25-20(24-18)16-11-8-12-17(21)15(16)13-22-23-14-9-6-5-7-10-14/h5-13,23H,1-4H3. The third kappa shape index (κ3) is 3.60. The van der Waals surface area contributed by atoms with Crippen molar-refractivity contribution in [3.05, 3.63) is 59.9 Å². The predicted molar refractivity (Wildman–Crippen MR) is 99.8 cm³/mol. The van der Waals surface area contributed by atoms with E-state index >= 15 is 0 Å². The average molecular weight is 340 g/mol. The molecule has 2 aromatic rings. The van der Waals surface area contributed by atoms with Gasteiger partial charge in [0.15, 0.2) is 0 Å². The molecule has 1 heterocycles. The summed E-state index contributed by atoms with van der Waals surface area (Å²) in [6, 6.07) is 14.3. The van der Waals surface area contributed by atoms with Gasteiger partial charge in [0.25, 0.3) is 0 Å². The van der Waals surface area contributed by atoms with Crippen LogP contribution in [0.3, 0.4) is 0 Å². The second kappa shape index (κ2) is 6.62. The van der Waals surface area contributed by atoms with Crippen LogP contribution in [0.5, 0.6) is 0 Å². The van der Waals surface area contributed by atoms with Crippen LogP contribution >= 0.6 is 0 Å². The van der Waals surface area contributed by atoms with Crippen LogP contribution in [0.4, 0.5) is 10.1 Å². The molecule has 0 saturated carbocycles. The van der Waals surface area contributed by atoms with Crippen LogP contribution in [-0.2, 0) is 9.31 Å². The fourth-order valence-corrected chi connectivity index (χ4v) is 2.55. The number of nitrogens with one attached hydrogen (secondary N) is 1. The Morgan fingerprint density at radius 3 is 2.24 bits per heavy atom. The van der Waals surface area contributed by atoms with E-state index in [-0.39, 0.29) is 5.82 Å². The molecule has 0 aromatic heterocycles. The van der Waals surface area contributed by atoms with E-state index in [0.717, 1.165) is 5.69 Å². The van der Waals surface area contributed by atoms with Crippen LogP contribution in [0.25, 0.3) is 0 Å². The molecule has 1 aliphatic rings. The Morgan fingerprint density at radius 2 is 1.60 bits per heavy atom. The lowest BCUT2D eigenvalue weighted by Crippen LogP contribution is -2.41. The van der Waals surface area contributed by atoms with Crippen molar-refractivity contribution in [3.8, 4) is 0 Å². The first-order valence-corrected chi connectivity index (χ1v) is 8.28. The van der Waals surface area contributed by atoms with Gasteiger partial charge in [-0.05, 0) is 51.4 Å². The zero-order valence-electron chi connectivity index (χ0n) is 14.9. The average Bonchev–Trinajstić information content (AvgIpc) is 2.78.